The van der Waals surface area contributed by atoms with Crippen LogP contribution in [0.25, 0.3) is 10.9 Å². The van der Waals surface area contributed by atoms with Gasteiger partial charge in [-0.25, -0.2) is 4.98 Å². The number of nitrogens with zero attached hydrogens (tertiary/aromatic N) is 2. The van der Waals surface area contributed by atoms with E-state index in [1.165, 1.54) is 10.9 Å². The number of anilines is 1. The molecule has 0 saturated carbocycles. The van der Waals surface area contributed by atoms with Crippen molar-refractivity contribution in [2.24, 2.45) is 0 Å². The molecule has 0 aliphatic carbocycles. The second kappa shape index (κ2) is 6.71. The fourth-order valence-electron chi connectivity index (χ4n) is 2.32. The van der Waals surface area contributed by atoms with E-state index in [4.69, 9.17) is 4.98 Å². The predicted octanol–water partition coefficient (Wildman–Crippen LogP) is 3.58. The van der Waals surface area contributed by atoms with Crippen molar-refractivity contribution >= 4 is 16.7 Å². The summed E-state index contributed by atoms with van der Waals surface area (Å²) >= 11 is 0. The Morgan fingerprint density at radius 2 is 2.00 bits per heavy atom. The van der Waals surface area contributed by atoms with Crippen molar-refractivity contribution in [2.75, 3.05) is 18.5 Å². The van der Waals surface area contributed by atoms with Crippen molar-refractivity contribution in [3.8, 4) is 0 Å². The molecule has 0 bridgehead atoms. The second-order valence-electron chi connectivity index (χ2n) is 5.31. The van der Waals surface area contributed by atoms with Gasteiger partial charge in [-0.3, -0.25) is 0 Å². The monoisotopic (exact) mass is 271 g/mol. The highest BCUT2D eigenvalue weighted by molar-refractivity contribution is 5.84. The molecule has 2 rings (SSSR count). The first-order valence-corrected chi connectivity index (χ1v) is 7.49. The molecule has 3 heteroatoms. The van der Waals surface area contributed by atoms with Gasteiger partial charge in [-0.15, -0.1) is 0 Å². The summed E-state index contributed by atoms with van der Waals surface area (Å²) in [5.74, 6) is 1.06. The zero-order chi connectivity index (χ0) is 14.5. The second-order valence-corrected chi connectivity index (χ2v) is 5.31. The molecule has 0 aliphatic heterocycles. The predicted molar refractivity (Wildman–Crippen MR) is 87.3 cm³/mol. The lowest BCUT2D eigenvalue weighted by Gasteiger charge is -2.26. The number of hydrogen-bond donors (Lipinski definition) is 1. The van der Waals surface area contributed by atoms with E-state index in [-0.39, 0.29) is 0 Å². The Balaban J connectivity index is 2.46. The van der Waals surface area contributed by atoms with E-state index in [1.807, 2.05) is 0 Å². The number of nitrogens with one attached hydrogen (secondary N) is 1. The normalized spacial score (nSPS) is 12.6. The summed E-state index contributed by atoms with van der Waals surface area (Å²) in [6.07, 6.45) is 1.12. The molecule has 0 fully saturated rings. The average Bonchev–Trinajstić information content (AvgIpc) is 2.50. The van der Waals surface area contributed by atoms with Gasteiger partial charge >= 0.3 is 0 Å². The van der Waals surface area contributed by atoms with E-state index >= 15 is 0 Å². The number of aromatic nitrogens is 1. The van der Waals surface area contributed by atoms with Gasteiger partial charge in [0.2, 0.25) is 0 Å². The van der Waals surface area contributed by atoms with Gasteiger partial charge in [0.25, 0.3) is 0 Å². The van der Waals surface area contributed by atoms with Gasteiger partial charge in [0, 0.05) is 25.0 Å². The Kier molecular flexibility index (Phi) is 4.96. The summed E-state index contributed by atoms with van der Waals surface area (Å²) in [5.41, 5.74) is 2.40. The third kappa shape index (κ3) is 3.10. The molecule has 0 saturated heterocycles. The van der Waals surface area contributed by atoms with Gasteiger partial charge in [0.1, 0.15) is 5.82 Å². The number of rotatable bonds is 6. The van der Waals surface area contributed by atoms with E-state index in [0.29, 0.717) is 6.04 Å². The molecule has 1 atom stereocenters. The molecule has 0 spiro atoms. The highest BCUT2D eigenvalue weighted by atomic mass is 15.2. The maximum atomic E-state index is 4.81. The van der Waals surface area contributed by atoms with Crippen LogP contribution >= 0.6 is 0 Å². The highest BCUT2D eigenvalue weighted by Crippen LogP contribution is 2.23. The first kappa shape index (κ1) is 14.8. The fourth-order valence-corrected chi connectivity index (χ4v) is 2.32. The van der Waals surface area contributed by atoms with Crippen LogP contribution < -0.4 is 10.2 Å². The fraction of sp³-hybridized carbons (Fsp3) is 0.471. The molecular formula is C17H25N3. The smallest absolute Gasteiger partial charge is 0.129 e. The molecule has 1 heterocycles. The number of fused-ring (bicyclic) bond motifs is 1. The van der Waals surface area contributed by atoms with Crippen molar-refractivity contribution in [3.05, 3.63) is 35.9 Å². The van der Waals surface area contributed by atoms with Crippen LogP contribution in [0.2, 0.25) is 0 Å². The average molecular weight is 271 g/mol. The maximum Gasteiger partial charge on any atom is 0.129 e. The Bertz CT molecular complexity index is 565. The van der Waals surface area contributed by atoms with Gasteiger partial charge in [0.15, 0.2) is 0 Å². The first-order valence-electron chi connectivity index (χ1n) is 7.49. The molecular weight excluding hydrogens is 246 g/mol. The largest absolute Gasteiger partial charge is 0.357 e. The summed E-state index contributed by atoms with van der Waals surface area (Å²) in [7, 11) is 2.13. The molecule has 0 amide bonds. The minimum Gasteiger partial charge on any atom is -0.357 e. The Hall–Kier alpha value is -1.61. The molecule has 2 aromatic rings. The van der Waals surface area contributed by atoms with E-state index in [2.05, 4.69) is 68.4 Å². The summed E-state index contributed by atoms with van der Waals surface area (Å²) in [6.45, 7) is 8.45. The maximum absolute atomic E-state index is 4.81. The molecule has 1 N–H and O–H groups in total. The molecule has 1 aromatic carbocycles. The number of benzene rings is 1. The van der Waals surface area contributed by atoms with Crippen molar-refractivity contribution in [1.82, 2.24) is 10.3 Å². The van der Waals surface area contributed by atoms with Gasteiger partial charge in [-0.05, 0) is 37.6 Å². The van der Waals surface area contributed by atoms with Crippen molar-refractivity contribution < 1.29 is 0 Å². The van der Waals surface area contributed by atoms with Crippen LogP contribution in [0, 0.1) is 0 Å². The topological polar surface area (TPSA) is 28.2 Å². The van der Waals surface area contributed by atoms with E-state index in [9.17, 15) is 0 Å². The number of pyridine rings is 1. The molecule has 0 aliphatic rings. The van der Waals surface area contributed by atoms with Crippen LogP contribution in [0.5, 0.6) is 0 Å². The standard InChI is InChI=1S/C17H25N3/c1-5-13(3)20(4)17-11-14(12-18-6-2)15-9-7-8-10-16(15)19-17/h7-11,13,18H,5-6,12H2,1-4H3. The lowest BCUT2D eigenvalue weighted by atomic mass is 10.1. The molecule has 3 nitrogen and oxygen atoms in total. The zero-order valence-electron chi connectivity index (χ0n) is 13.0. The van der Waals surface area contributed by atoms with Crippen molar-refractivity contribution in [3.63, 3.8) is 0 Å². The molecule has 1 unspecified atom stereocenters. The van der Waals surface area contributed by atoms with E-state index < -0.39 is 0 Å². The van der Waals surface area contributed by atoms with Crippen molar-refractivity contribution in [1.29, 1.82) is 0 Å². The van der Waals surface area contributed by atoms with Crippen LogP contribution in [-0.2, 0) is 6.54 Å². The quantitative estimate of drug-likeness (QED) is 0.870. The van der Waals surface area contributed by atoms with Crippen LogP contribution in [0.4, 0.5) is 5.82 Å². The molecule has 0 radical (unpaired) electrons. The Morgan fingerprint density at radius 3 is 2.70 bits per heavy atom. The molecule has 108 valence electrons. The van der Waals surface area contributed by atoms with Gasteiger partial charge in [-0.1, -0.05) is 32.0 Å². The molecule has 20 heavy (non-hydrogen) atoms. The zero-order valence-corrected chi connectivity index (χ0v) is 13.0. The van der Waals surface area contributed by atoms with Gasteiger partial charge < -0.3 is 10.2 Å². The third-order valence-electron chi connectivity index (χ3n) is 3.97. The van der Waals surface area contributed by atoms with Crippen molar-refractivity contribution in [2.45, 2.75) is 39.8 Å². The first-order chi connectivity index (χ1) is 9.67. The summed E-state index contributed by atoms with van der Waals surface area (Å²) in [4.78, 5) is 7.08. The SMILES string of the molecule is CCNCc1cc(N(C)C(C)CC)nc2ccccc12. The summed E-state index contributed by atoms with van der Waals surface area (Å²) in [6, 6.07) is 11.1. The van der Waals surface area contributed by atoms with E-state index in [1.54, 1.807) is 0 Å². The minimum atomic E-state index is 0.496. The summed E-state index contributed by atoms with van der Waals surface area (Å²) in [5, 5.41) is 4.66. The van der Waals surface area contributed by atoms with Gasteiger partial charge in [0.05, 0.1) is 5.52 Å². The van der Waals surface area contributed by atoms with E-state index in [0.717, 1.165) is 30.8 Å². The lowest BCUT2D eigenvalue weighted by Crippen LogP contribution is -2.29. The minimum absolute atomic E-state index is 0.496. The van der Waals surface area contributed by atoms with Gasteiger partial charge in [-0.2, -0.15) is 0 Å². The highest BCUT2D eigenvalue weighted by Gasteiger charge is 2.12. The van der Waals surface area contributed by atoms with Crippen LogP contribution in [0.15, 0.2) is 30.3 Å². The number of para-hydroxylation sites is 1. The van der Waals surface area contributed by atoms with Crippen LogP contribution in [-0.4, -0.2) is 24.6 Å². The number of hydrogen-bond acceptors (Lipinski definition) is 3. The molecule has 1 aromatic heterocycles. The Morgan fingerprint density at radius 1 is 1.25 bits per heavy atom. The summed E-state index contributed by atoms with van der Waals surface area (Å²) < 4.78 is 0. The third-order valence-corrected chi connectivity index (χ3v) is 3.97. The van der Waals surface area contributed by atoms with Crippen LogP contribution in [0.3, 0.4) is 0 Å². The Labute approximate surface area is 122 Å². The van der Waals surface area contributed by atoms with Crippen LogP contribution in [0.1, 0.15) is 32.8 Å². The lowest BCUT2D eigenvalue weighted by molar-refractivity contribution is 0.656.